The topological polar surface area (TPSA) is 30.7 Å². The molecular weight excluding hydrogens is 278 g/mol. The van der Waals surface area contributed by atoms with Crippen LogP contribution in [0.4, 0.5) is 0 Å². The molecule has 98 valence electrons. The highest BCUT2D eigenvalue weighted by Gasteiger charge is 2.10. The molecule has 0 spiro atoms. The molecule has 3 nitrogen and oxygen atoms in total. The molecule has 2 heterocycles. The molecule has 0 unspecified atom stereocenters. The number of imidazole rings is 1. The lowest BCUT2D eigenvalue weighted by atomic mass is 10.3. The zero-order chi connectivity index (χ0) is 13.2. The number of hydrogen-bond acceptors (Lipinski definition) is 3. The van der Waals surface area contributed by atoms with Gasteiger partial charge in [0.1, 0.15) is 5.82 Å². The van der Waals surface area contributed by atoms with Gasteiger partial charge in [-0.1, -0.05) is 12.1 Å². The first-order chi connectivity index (χ1) is 9.28. The second kappa shape index (κ2) is 5.31. The molecule has 0 bridgehead atoms. The summed E-state index contributed by atoms with van der Waals surface area (Å²) in [6, 6.07) is 8.15. The van der Waals surface area contributed by atoms with E-state index in [0.717, 1.165) is 40.5 Å². The average Bonchev–Trinajstić information content (AvgIpc) is 2.99. The molecule has 5 heteroatoms. The number of rotatable bonds is 4. The van der Waals surface area contributed by atoms with Crippen molar-refractivity contribution in [3.05, 3.63) is 46.2 Å². The number of nitrogens with zero attached hydrogens (tertiary/aromatic N) is 3. The van der Waals surface area contributed by atoms with E-state index in [1.54, 1.807) is 11.3 Å². The molecule has 2 aromatic heterocycles. The summed E-state index contributed by atoms with van der Waals surface area (Å²) in [4.78, 5) is 9.06. The fraction of sp³-hybridized carbons (Fsp3) is 0.286. The van der Waals surface area contributed by atoms with Crippen LogP contribution >= 0.6 is 22.9 Å². The molecule has 0 aliphatic rings. The van der Waals surface area contributed by atoms with Gasteiger partial charge in [-0.25, -0.2) is 9.97 Å². The third-order valence-corrected chi connectivity index (χ3v) is 4.33. The molecule has 0 aliphatic heterocycles. The van der Waals surface area contributed by atoms with E-state index in [4.69, 9.17) is 11.6 Å². The van der Waals surface area contributed by atoms with Gasteiger partial charge >= 0.3 is 0 Å². The number of aromatic nitrogens is 3. The summed E-state index contributed by atoms with van der Waals surface area (Å²) < 4.78 is 2.19. The molecule has 0 N–H and O–H groups in total. The minimum atomic E-state index is 0.436. The Morgan fingerprint density at radius 2 is 2.11 bits per heavy atom. The number of alkyl halides is 1. The molecule has 0 atom stereocenters. The Labute approximate surface area is 120 Å². The highest BCUT2D eigenvalue weighted by atomic mass is 35.5. The first-order valence-corrected chi connectivity index (χ1v) is 7.60. The van der Waals surface area contributed by atoms with Crippen LogP contribution in [0.25, 0.3) is 11.0 Å². The lowest BCUT2D eigenvalue weighted by molar-refractivity contribution is 0.685. The van der Waals surface area contributed by atoms with E-state index in [0.29, 0.717) is 5.88 Å². The van der Waals surface area contributed by atoms with E-state index in [-0.39, 0.29) is 0 Å². The minimum Gasteiger partial charge on any atom is -0.327 e. The number of hydrogen-bond donors (Lipinski definition) is 0. The first kappa shape index (κ1) is 12.6. The van der Waals surface area contributed by atoms with Crippen molar-refractivity contribution in [2.24, 2.45) is 0 Å². The fourth-order valence-corrected chi connectivity index (χ4v) is 3.17. The highest BCUT2D eigenvalue weighted by Crippen LogP contribution is 2.19. The summed E-state index contributed by atoms with van der Waals surface area (Å²) >= 11 is 7.71. The fourth-order valence-electron chi connectivity index (χ4n) is 2.20. The Bertz CT molecular complexity index is 702. The van der Waals surface area contributed by atoms with Crippen LogP contribution in [-0.2, 0) is 18.8 Å². The van der Waals surface area contributed by atoms with Crippen LogP contribution in [0.3, 0.4) is 0 Å². The third kappa shape index (κ3) is 2.51. The van der Waals surface area contributed by atoms with Gasteiger partial charge < -0.3 is 4.57 Å². The summed E-state index contributed by atoms with van der Waals surface area (Å²) in [5, 5.41) is 3.25. The number of aryl methyl sites for hydroxylation is 3. The molecule has 19 heavy (non-hydrogen) atoms. The van der Waals surface area contributed by atoms with Crippen LogP contribution in [-0.4, -0.2) is 14.5 Å². The normalized spacial score (nSPS) is 11.3. The Balaban J connectivity index is 1.90. The second-order valence-corrected chi connectivity index (χ2v) is 5.64. The first-order valence-electron chi connectivity index (χ1n) is 6.19. The van der Waals surface area contributed by atoms with Crippen molar-refractivity contribution in [2.75, 3.05) is 0 Å². The van der Waals surface area contributed by atoms with Crippen molar-refractivity contribution in [3.63, 3.8) is 0 Å². The molecule has 0 saturated carbocycles. The summed E-state index contributed by atoms with van der Waals surface area (Å²) in [5.74, 6) is 1.36. The van der Waals surface area contributed by atoms with Gasteiger partial charge in [-0.3, -0.25) is 0 Å². The van der Waals surface area contributed by atoms with Gasteiger partial charge in [0.2, 0.25) is 0 Å². The highest BCUT2D eigenvalue weighted by molar-refractivity contribution is 7.09. The molecule has 0 aliphatic carbocycles. The zero-order valence-corrected chi connectivity index (χ0v) is 12.2. The Morgan fingerprint density at radius 3 is 2.84 bits per heavy atom. The molecule has 1 aromatic carbocycles. The van der Waals surface area contributed by atoms with Crippen molar-refractivity contribution >= 4 is 34.0 Å². The van der Waals surface area contributed by atoms with Gasteiger partial charge in [-0.05, 0) is 19.1 Å². The van der Waals surface area contributed by atoms with Crippen LogP contribution in [0.1, 0.15) is 16.5 Å². The number of halogens is 1. The van der Waals surface area contributed by atoms with Gasteiger partial charge in [0.05, 0.1) is 21.9 Å². The van der Waals surface area contributed by atoms with Gasteiger partial charge in [0, 0.05) is 24.0 Å². The van der Waals surface area contributed by atoms with E-state index >= 15 is 0 Å². The zero-order valence-electron chi connectivity index (χ0n) is 10.6. The van der Waals surface area contributed by atoms with Gasteiger partial charge in [-0.2, -0.15) is 0 Å². The maximum absolute atomic E-state index is 5.99. The van der Waals surface area contributed by atoms with Gasteiger partial charge in [0.25, 0.3) is 0 Å². The molecule has 0 saturated heterocycles. The van der Waals surface area contributed by atoms with Crippen molar-refractivity contribution in [1.82, 2.24) is 14.5 Å². The molecule has 0 fully saturated rings. The van der Waals surface area contributed by atoms with Crippen LogP contribution in [0.5, 0.6) is 0 Å². The molecular formula is C14H14ClN3S. The summed E-state index contributed by atoms with van der Waals surface area (Å²) in [7, 11) is 0. The van der Waals surface area contributed by atoms with Crippen molar-refractivity contribution in [1.29, 1.82) is 0 Å². The largest absolute Gasteiger partial charge is 0.327 e. The maximum Gasteiger partial charge on any atom is 0.124 e. The lowest BCUT2D eigenvalue weighted by Gasteiger charge is -2.06. The average molecular weight is 292 g/mol. The van der Waals surface area contributed by atoms with Crippen LogP contribution < -0.4 is 0 Å². The van der Waals surface area contributed by atoms with E-state index in [2.05, 4.69) is 26.0 Å². The van der Waals surface area contributed by atoms with Crippen molar-refractivity contribution < 1.29 is 0 Å². The SMILES string of the molecule is Cc1csc(CCn2c(CCl)nc3ccccc32)n1. The van der Waals surface area contributed by atoms with Gasteiger partial charge in [-0.15, -0.1) is 22.9 Å². The Morgan fingerprint density at radius 1 is 1.26 bits per heavy atom. The quantitative estimate of drug-likeness (QED) is 0.685. The third-order valence-electron chi connectivity index (χ3n) is 3.07. The Hall–Kier alpha value is -1.39. The molecule has 3 aromatic rings. The molecule has 3 rings (SSSR count). The maximum atomic E-state index is 5.99. The summed E-state index contributed by atoms with van der Waals surface area (Å²) in [5.41, 5.74) is 3.24. The number of para-hydroxylation sites is 2. The van der Waals surface area contributed by atoms with Crippen LogP contribution in [0.15, 0.2) is 29.6 Å². The monoisotopic (exact) mass is 291 g/mol. The summed E-state index contributed by atoms with van der Waals surface area (Å²) in [6.07, 6.45) is 0.919. The van der Waals surface area contributed by atoms with Crippen molar-refractivity contribution in [2.45, 2.75) is 25.8 Å². The summed E-state index contributed by atoms with van der Waals surface area (Å²) in [6.45, 7) is 2.90. The van der Waals surface area contributed by atoms with E-state index in [9.17, 15) is 0 Å². The van der Waals surface area contributed by atoms with Crippen molar-refractivity contribution in [3.8, 4) is 0 Å². The predicted octanol–water partition coefficient (Wildman–Crippen LogP) is 3.78. The Kier molecular flexibility index (Phi) is 3.53. The number of thiazole rings is 1. The van der Waals surface area contributed by atoms with E-state index < -0.39 is 0 Å². The smallest absolute Gasteiger partial charge is 0.124 e. The van der Waals surface area contributed by atoms with Crippen LogP contribution in [0, 0.1) is 6.92 Å². The molecule has 0 radical (unpaired) electrons. The molecule has 0 amide bonds. The van der Waals surface area contributed by atoms with Crippen LogP contribution in [0.2, 0.25) is 0 Å². The van der Waals surface area contributed by atoms with Gasteiger partial charge in [0.15, 0.2) is 0 Å². The minimum absolute atomic E-state index is 0.436. The second-order valence-electron chi connectivity index (χ2n) is 4.43. The lowest BCUT2D eigenvalue weighted by Crippen LogP contribution is -2.05. The van der Waals surface area contributed by atoms with E-state index in [1.807, 2.05) is 25.1 Å². The standard InChI is InChI=1S/C14H14ClN3S/c1-10-9-19-14(16-10)6-7-18-12-5-3-2-4-11(12)17-13(18)8-15/h2-5,9H,6-8H2,1H3. The predicted molar refractivity (Wildman–Crippen MR) is 79.8 cm³/mol. The number of fused-ring (bicyclic) bond motifs is 1. The van der Waals surface area contributed by atoms with E-state index in [1.165, 1.54) is 0 Å². The number of benzene rings is 1.